The molecule has 4 heteroatoms. The van der Waals surface area contributed by atoms with Gasteiger partial charge in [0.25, 0.3) is 0 Å². The fraction of sp³-hybridized carbons (Fsp3) is 0.600. The number of rotatable bonds is 3. The average molecular weight is 194 g/mol. The molecule has 0 aromatic carbocycles. The van der Waals surface area contributed by atoms with E-state index in [1.807, 2.05) is 27.9 Å². The van der Waals surface area contributed by atoms with Gasteiger partial charge in [-0.3, -0.25) is 0 Å². The number of aromatic nitrogens is 2. The summed E-state index contributed by atoms with van der Waals surface area (Å²) >= 11 is 0. The minimum absolute atomic E-state index is 0.801. The van der Waals surface area contributed by atoms with E-state index >= 15 is 0 Å². The van der Waals surface area contributed by atoms with Gasteiger partial charge in [0.05, 0.1) is 0 Å². The Labute approximate surface area is 85.4 Å². The highest BCUT2D eigenvalue weighted by atomic mass is 15.2. The molecule has 0 radical (unpaired) electrons. The molecule has 0 saturated carbocycles. The van der Waals surface area contributed by atoms with Crippen LogP contribution in [0.15, 0.2) is 0 Å². The number of nitrogens with zero attached hydrogens (tertiary/aromatic N) is 3. The smallest absolute Gasteiger partial charge is 0.137 e. The Balaban J connectivity index is 3.21. The van der Waals surface area contributed by atoms with E-state index in [1.54, 1.807) is 0 Å². The molecule has 0 bridgehead atoms. The maximum Gasteiger partial charge on any atom is 0.137 e. The molecule has 0 fully saturated rings. The van der Waals surface area contributed by atoms with Crippen molar-refractivity contribution in [2.24, 2.45) is 0 Å². The molecular weight excluding hydrogens is 176 g/mol. The van der Waals surface area contributed by atoms with Crippen LogP contribution in [0.4, 0.5) is 11.6 Å². The predicted molar refractivity (Wildman–Crippen MR) is 60.0 cm³/mol. The van der Waals surface area contributed by atoms with Crippen LogP contribution in [-0.4, -0.2) is 30.6 Å². The highest BCUT2D eigenvalue weighted by molar-refractivity contribution is 5.57. The third-order valence-corrected chi connectivity index (χ3v) is 2.30. The Morgan fingerprint density at radius 3 is 2.43 bits per heavy atom. The average Bonchev–Trinajstić information content (AvgIpc) is 2.19. The van der Waals surface area contributed by atoms with Gasteiger partial charge in [-0.25, -0.2) is 9.97 Å². The third-order valence-electron chi connectivity index (χ3n) is 2.30. The van der Waals surface area contributed by atoms with Crippen LogP contribution in [0.5, 0.6) is 0 Å². The lowest BCUT2D eigenvalue weighted by atomic mass is 10.3. The Morgan fingerprint density at radius 2 is 1.93 bits per heavy atom. The molecule has 0 aliphatic heterocycles. The largest absolute Gasteiger partial charge is 0.373 e. The molecule has 1 aromatic rings. The number of nitrogens with one attached hydrogen (secondary N) is 1. The van der Waals surface area contributed by atoms with Crippen molar-refractivity contribution >= 4 is 11.6 Å². The van der Waals surface area contributed by atoms with Crippen LogP contribution in [-0.2, 0) is 0 Å². The topological polar surface area (TPSA) is 41.1 Å². The molecule has 0 atom stereocenters. The van der Waals surface area contributed by atoms with Gasteiger partial charge in [-0.15, -0.1) is 0 Å². The fourth-order valence-corrected chi connectivity index (χ4v) is 1.38. The first-order valence-electron chi connectivity index (χ1n) is 4.84. The van der Waals surface area contributed by atoms with E-state index < -0.39 is 0 Å². The molecule has 1 heterocycles. The molecule has 14 heavy (non-hydrogen) atoms. The van der Waals surface area contributed by atoms with Crippen LogP contribution in [0.25, 0.3) is 0 Å². The second-order valence-electron chi connectivity index (χ2n) is 3.33. The van der Waals surface area contributed by atoms with E-state index in [0.29, 0.717) is 0 Å². The summed E-state index contributed by atoms with van der Waals surface area (Å²) in [5.41, 5.74) is 1.10. The van der Waals surface area contributed by atoms with Gasteiger partial charge in [0.15, 0.2) is 0 Å². The summed E-state index contributed by atoms with van der Waals surface area (Å²) in [6, 6.07) is 0. The Kier molecular flexibility index (Phi) is 3.28. The highest BCUT2D eigenvalue weighted by Gasteiger charge is 2.10. The van der Waals surface area contributed by atoms with Crippen LogP contribution in [0, 0.1) is 13.8 Å². The Hall–Kier alpha value is -1.32. The van der Waals surface area contributed by atoms with Crippen molar-refractivity contribution in [2.45, 2.75) is 20.8 Å². The minimum Gasteiger partial charge on any atom is -0.373 e. The first-order chi connectivity index (χ1) is 6.60. The van der Waals surface area contributed by atoms with Crippen molar-refractivity contribution in [3.63, 3.8) is 0 Å². The molecule has 1 N–H and O–H groups in total. The van der Waals surface area contributed by atoms with E-state index in [2.05, 4.69) is 27.1 Å². The lowest BCUT2D eigenvalue weighted by Crippen LogP contribution is -2.20. The summed E-state index contributed by atoms with van der Waals surface area (Å²) in [4.78, 5) is 10.9. The van der Waals surface area contributed by atoms with Gasteiger partial charge >= 0.3 is 0 Å². The van der Waals surface area contributed by atoms with Crippen LogP contribution in [0.1, 0.15) is 18.3 Å². The summed E-state index contributed by atoms with van der Waals surface area (Å²) < 4.78 is 0. The summed E-state index contributed by atoms with van der Waals surface area (Å²) in [5, 5.41) is 3.08. The van der Waals surface area contributed by atoms with Gasteiger partial charge in [0.2, 0.25) is 0 Å². The van der Waals surface area contributed by atoms with Crippen LogP contribution in [0.2, 0.25) is 0 Å². The first-order valence-corrected chi connectivity index (χ1v) is 4.84. The Bertz CT molecular complexity index is 322. The minimum atomic E-state index is 0.801. The quantitative estimate of drug-likeness (QED) is 0.793. The summed E-state index contributed by atoms with van der Waals surface area (Å²) in [7, 11) is 3.92. The zero-order valence-corrected chi connectivity index (χ0v) is 9.55. The van der Waals surface area contributed by atoms with Crippen molar-refractivity contribution in [3.05, 3.63) is 11.4 Å². The second kappa shape index (κ2) is 4.26. The molecule has 0 saturated heterocycles. The van der Waals surface area contributed by atoms with E-state index in [4.69, 9.17) is 0 Å². The number of hydrogen-bond acceptors (Lipinski definition) is 4. The molecule has 0 aliphatic carbocycles. The van der Waals surface area contributed by atoms with E-state index in [9.17, 15) is 0 Å². The van der Waals surface area contributed by atoms with Gasteiger partial charge in [-0.1, -0.05) is 0 Å². The molecule has 4 nitrogen and oxygen atoms in total. The maximum atomic E-state index is 4.43. The number of hydrogen-bond donors (Lipinski definition) is 1. The van der Waals surface area contributed by atoms with Crippen molar-refractivity contribution in [1.29, 1.82) is 0 Å². The summed E-state index contributed by atoms with van der Waals surface area (Å²) in [6.45, 7) is 7.00. The molecule has 0 aliphatic rings. The lowest BCUT2D eigenvalue weighted by Gasteiger charge is -2.19. The molecule has 78 valence electrons. The standard InChI is InChI=1S/C10H18N4/c1-6-14(5)10-7(2)9(11-4)12-8(3)13-10/h6H2,1-5H3,(H,11,12,13). The van der Waals surface area contributed by atoms with E-state index in [0.717, 1.165) is 29.6 Å². The van der Waals surface area contributed by atoms with Gasteiger partial charge in [-0.05, 0) is 20.8 Å². The number of anilines is 2. The third kappa shape index (κ3) is 1.95. The molecular formula is C10H18N4. The van der Waals surface area contributed by atoms with Crippen molar-refractivity contribution in [2.75, 3.05) is 30.9 Å². The predicted octanol–water partition coefficient (Wildman–Crippen LogP) is 1.59. The zero-order valence-electron chi connectivity index (χ0n) is 9.55. The normalized spacial score (nSPS) is 10.1. The van der Waals surface area contributed by atoms with Crippen molar-refractivity contribution in [3.8, 4) is 0 Å². The van der Waals surface area contributed by atoms with Crippen LogP contribution < -0.4 is 10.2 Å². The molecule has 0 amide bonds. The number of aryl methyl sites for hydroxylation is 1. The summed E-state index contributed by atoms with van der Waals surface area (Å²) in [5.74, 6) is 2.72. The first kappa shape index (κ1) is 10.8. The fourth-order valence-electron chi connectivity index (χ4n) is 1.38. The maximum absolute atomic E-state index is 4.43. The second-order valence-corrected chi connectivity index (χ2v) is 3.33. The van der Waals surface area contributed by atoms with E-state index in [-0.39, 0.29) is 0 Å². The SMILES string of the molecule is CCN(C)c1nc(C)nc(NC)c1C. The molecule has 0 spiro atoms. The molecule has 0 unspecified atom stereocenters. The van der Waals surface area contributed by atoms with Crippen molar-refractivity contribution < 1.29 is 0 Å². The van der Waals surface area contributed by atoms with Crippen LogP contribution in [0.3, 0.4) is 0 Å². The monoisotopic (exact) mass is 194 g/mol. The van der Waals surface area contributed by atoms with Crippen molar-refractivity contribution in [1.82, 2.24) is 9.97 Å². The Morgan fingerprint density at radius 1 is 1.29 bits per heavy atom. The van der Waals surface area contributed by atoms with E-state index in [1.165, 1.54) is 0 Å². The van der Waals surface area contributed by atoms with Gasteiger partial charge in [0.1, 0.15) is 17.5 Å². The van der Waals surface area contributed by atoms with Crippen LogP contribution >= 0.6 is 0 Å². The van der Waals surface area contributed by atoms with Gasteiger partial charge in [-0.2, -0.15) is 0 Å². The summed E-state index contributed by atoms with van der Waals surface area (Å²) in [6.07, 6.45) is 0. The highest BCUT2D eigenvalue weighted by Crippen LogP contribution is 2.21. The molecule has 1 rings (SSSR count). The van der Waals surface area contributed by atoms with Gasteiger partial charge in [0, 0.05) is 26.2 Å². The molecule has 1 aromatic heterocycles. The van der Waals surface area contributed by atoms with Gasteiger partial charge < -0.3 is 10.2 Å². The lowest BCUT2D eigenvalue weighted by molar-refractivity contribution is 0.901. The zero-order chi connectivity index (χ0) is 10.7.